The van der Waals surface area contributed by atoms with Gasteiger partial charge in [-0.05, 0) is 43.0 Å². The maximum atomic E-state index is 4.07. The monoisotopic (exact) mass is 213 g/mol. The van der Waals surface area contributed by atoms with Crippen LogP contribution in [0.5, 0.6) is 0 Å². The Morgan fingerprint density at radius 1 is 1.38 bits per heavy atom. The van der Waals surface area contributed by atoms with Gasteiger partial charge in [0.15, 0.2) is 0 Å². The topological polar surface area (TPSA) is 12.4 Å². The summed E-state index contributed by atoms with van der Waals surface area (Å²) in [4.78, 5) is 4.07. The average Bonchev–Trinajstić information content (AvgIpc) is 2.26. The summed E-state index contributed by atoms with van der Waals surface area (Å²) in [5, 5.41) is 0. The van der Waals surface area contributed by atoms with Crippen molar-refractivity contribution in [2.45, 2.75) is 20.8 Å². The third-order valence-electron chi connectivity index (χ3n) is 2.61. The first kappa shape index (κ1) is 12.4. The molecule has 0 radical (unpaired) electrons. The van der Waals surface area contributed by atoms with Gasteiger partial charge >= 0.3 is 0 Å². The van der Waals surface area contributed by atoms with E-state index in [1.54, 1.807) is 7.05 Å². The summed E-state index contributed by atoms with van der Waals surface area (Å²) in [6, 6.07) is 6.42. The molecular weight excluding hydrogens is 194 g/mol. The molecule has 0 aliphatic carbocycles. The zero-order valence-electron chi connectivity index (χ0n) is 10.5. The van der Waals surface area contributed by atoms with Crippen molar-refractivity contribution in [1.82, 2.24) is 0 Å². The number of aryl methyl sites for hydroxylation is 1. The van der Waals surface area contributed by atoms with Gasteiger partial charge < -0.3 is 0 Å². The zero-order valence-corrected chi connectivity index (χ0v) is 10.5. The SMILES string of the molecule is C=C(C)c1ccc(/C(C=NC)=C/C)c(C)c1. The number of benzene rings is 1. The molecule has 0 heterocycles. The Morgan fingerprint density at radius 2 is 2.06 bits per heavy atom. The van der Waals surface area contributed by atoms with Gasteiger partial charge in [0, 0.05) is 13.3 Å². The molecule has 0 saturated carbocycles. The molecule has 1 nitrogen and oxygen atoms in total. The summed E-state index contributed by atoms with van der Waals surface area (Å²) < 4.78 is 0. The van der Waals surface area contributed by atoms with E-state index in [-0.39, 0.29) is 0 Å². The Morgan fingerprint density at radius 3 is 2.50 bits per heavy atom. The van der Waals surface area contributed by atoms with Crippen LogP contribution in [-0.4, -0.2) is 13.3 Å². The van der Waals surface area contributed by atoms with Crippen LogP contribution in [0.25, 0.3) is 11.1 Å². The lowest BCUT2D eigenvalue weighted by molar-refractivity contribution is 1.40. The molecule has 0 aliphatic rings. The van der Waals surface area contributed by atoms with Crippen LogP contribution in [0.15, 0.2) is 35.8 Å². The quantitative estimate of drug-likeness (QED) is 0.669. The highest BCUT2D eigenvalue weighted by Gasteiger charge is 2.03. The summed E-state index contributed by atoms with van der Waals surface area (Å²) in [5.41, 5.74) is 5.95. The molecule has 0 aliphatic heterocycles. The molecule has 16 heavy (non-hydrogen) atoms. The van der Waals surface area contributed by atoms with Crippen LogP contribution in [-0.2, 0) is 0 Å². The fourth-order valence-corrected chi connectivity index (χ4v) is 1.69. The largest absolute Gasteiger partial charge is 0.296 e. The highest BCUT2D eigenvalue weighted by Crippen LogP contribution is 2.21. The smallest absolute Gasteiger partial charge is 0.0284 e. The fourth-order valence-electron chi connectivity index (χ4n) is 1.69. The fraction of sp³-hybridized carbons (Fsp3) is 0.267. The van der Waals surface area contributed by atoms with E-state index < -0.39 is 0 Å². The summed E-state index contributed by atoms with van der Waals surface area (Å²) in [5.74, 6) is 0. The van der Waals surface area contributed by atoms with Crippen LogP contribution in [0.2, 0.25) is 0 Å². The Kier molecular flexibility index (Phi) is 4.24. The number of rotatable bonds is 3. The molecule has 1 aromatic carbocycles. The Labute approximate surface area is 98.2 Å². The van der Waals surface area contributed by atoms with Crippen molar-refractivity contribution >= 4 is 17.4 Å². The third kappa shape index (κ3) is 2.69. The molecule has 0 spiro atoms. The van der Waals surface area contributed by atoms with Crippen LogP contribution in [0, 0.1) is 6.92 Å². The van der Waals surface area contributed by atoms with Crippen LogP contribution in [0.3, 0.4) is 0 Å². The van der Waals surface area contributed by atoms with E-state index in [2.05, 4.69) is 42.8 Å². The van der Waals surface area contributed by atoms with Crippen LogP contribution in [0.1, 0.15) is 30.5 Å². The van der Waals surface area contributed by atoms with Crippen molar-refractivity contribution in [3.63, 3.8) is 0 Å². The zero-order chi connectivity index (χ0) is 12.1. The molecule has 0 unspecified atom stereocenters. The highest BCUT2D eigenvalue weighted by molar-refractivity contribution is 6.10. The minimum Gasteiger partial charge on any atom is -0.296 e. The van der Waals surface area contributed by atoms with Gasteiger partial charge in [0.05, 0.1) is 0 Å². The first-order valence-electron chi connectivity index (χ1n) is 5.45. The minimum absolute atomic E-state index is 1.10. The van der Waals surface area contributed by atoms with Crippen molar-refractivity contribution in [3.8, 4) is 0 Å². The maximum absolute atomic E-state index is 4.07. The number of hydrogen-bond acceptors (Lipinski definition) is 1. The van der Waals surface area contributed by atoms with Crippen LogP contribution < -0.4 is 0 Å². The lowest BCUT2D eigenvalue weighted by atomic mass is 9.97. The molecule has 1 rings (SSSR count). The van der Waals surface area contributed by atoms with Crippen LogP contribution in [0.4, 0.5) is 0 Å². The van der Waals surface area contributed by atoms with E-state index in [1.165, 1.54) is 16.7 Å². The van der Waals surface area contributed by atoms with Gasteiger partial charge in [-0.3, -0.25) is 4.99 Å². The molecule has 0 aromatic heterocycles. The number of hydrogen-bond donors (Lipinski definition) is 0. The van der Waals surface area contributed by atoms with Crippen molar-refractivity contribution in [2.75, 3.05) is 7.05 Å². The highest BCUT2D eigenvalue weighted by atomic mass is 14.6. The standard InChI is InChI=1S/C15H19N/c1-6-13(10-16-5)15-8-7-14(11(2)3)9-12(15)4/h6-10H,2H2,1,3-5H3/b13-6+,16-10?. The number of allylic oxidation sites excluding steroid dienone is 3. The molecule has 0 bridgehead atoms. The Bertz CT molecular complexity index is 451. The number of aliphatic imine (C=N–C) groups is 1. The second-order valence-corrected chi connectivity index (χ2v) is 3.94. The molecule has 1 aromatic rings. The van der Waals surface area contributed by atoms with Gasteiger partial charge in [-0.25, -0.2) is 0 Å². The second-order valence-electron chi connectivity index (χ2n) is 3.94. The van der Waals surface area contributed by atoms with E-state index in [4.69, 9.17) is 0 Å². The molecule has 1 heteroatoms. The predicted octanol–water partition coefficient (Wildman–Crippen LogP) is 4.13. The van der Waals surface area contributed by atoms with Gasteiger partial charge in [-0.15, -0.1) is 0 Å². The molecule has 0 fully saturated rings. The Balaban J connectivity index is 3.22. The van der Waals surface area contributed by atoms with E-state index in [0.717, 1.165) is 11.1 Å². The first-order chi connectivity index (χ1) is 7.60. The molecule has 84 valence electrons. The molecule has 0 N–H and O–H groups in total. The van der Waals surface area contributed by atoms with Gasteiger partial charge in [0.25, 0.3) is 0 Å². The van der Waals surface area contributed by atoms with Crippen molar-refractivity contribution < 1.29 is 0 Å². The van der Waals surface area contributed by atoms with E-state index >= 15 is 0 Å². The van der Waals surface area contributed by atoms with Gasteiger partial charge in [-0.2, -0.15) is 0 Å². The molecule has 0 amide bonds. The van der Waals surface area contributed by atoms with Crippen LogP contribution >= 0.6 is 0 Å². The number of nitrogens with zero attached hydrogens (tertiary/aromatic N) is 1. The maximum Gasteiger partial charge on any atom is 0.0284 e. The normalized spacial score (nSPS) is 12.1. The van der Waals surface area contributed by atoms with Crippen molar-refractivity contribution in [3.05, 3.63) is 47.5 Å². The second kappa shape index (κ2) is 5.45. The summed E-state index contributed by atoms with van der Waals surface area (Å²) in [7, 11) is 1.79. The van der Waals surface area contributed by atoms with E-state index in [0.29, 0.717) is 0 Å². The minimum atomic E-state index is 1.10. The van der Waals surface area contributed by atoms with Crippen molar-refractivity contribution in [1.29, 1.82) is 0 Å². The predicted molar refractivity (Wildman–Crippen MR) is 74.0 cm³/mol. The summed E-state index contributed by atoms with van der Waals surface area (Å²) in [6.07, 6.45) is 3.97. The van der Waals surface area contributed by atoms with Gasteiger partial charge in [-0.1, -0.05) is 36.4 Å². The molecular formula is C15H19N. The summed E-state index contributed by atoms with van der Waals surface area (Å²) in [6.45, 7) is 10.1. The third-order valence-corrected chi connectivity index (χ3v) is 2.61. The summed E-state index contributed by atoms with van der Waals surface area (Å²) >= 11 is 0. The van der Waals surface area contributed by atoms with Crippen molar-refractivity contribution in [2.24, 2.45) is 4.99 Å². The average molecular weight is 213 g/mol. The lowest BCUT2D eigenvalue weighted by Crippen LogP contribution is -1.92. The van der Waals surface area contributed by atoms with Gasteiger partial charge in [0.1, 0.15) is 0 Å². The first-order valence-corrected chi connectivity index (χ1v) is 5.45. The van der Waals surface area contributed by atoms with E-state index in [9.17, 15) is 0 Å². The lowest BCUT2D eigenvalue weighted by Gasteiger charge is -2.09. The molecule has 0 atom stereocenters. The molecule has 0 saturated heterocycles. The van der Waals surface area contributed by atoms with E-state index in [1.807, 2.05) is 20.1 Å². The van der Waals surface area contributed by atoms with Gasteiger partial charge in [0.2, 0.25) is 0 Å². The Hall–Kier alpha value is -1.63.